The van der Waals surface area contributed by atoms with E-state index in [0.29, 0.717) is 21.3 Å². The Hall–Kier alpha value is -2.11. The molecule has 0 N–H and O–H groups in total. The number of hydrogen-bond acceptors (Lipinski definition) is 6. The minimum absolute atomic E-state index is 0.0322. The summed E-state index contributed by atoms with van der Waals surface area (Å²) in [6.45, 7) is 10.1. The maximum absolute atomic E-state index is 13.2. The zero-order chi connectivity index (χ0) is 22.7. The zero-order valence-corrected chi connectivity index (χ0v) is 20.4. The van der Waals surface area contributed by atoms with Crippen LogP contribution in [0.3, 0.4) is 0 Å². The van der Waals surface area contributed by atoms with Crippen LogP contribution in [0, 0.1) is 18.3 Å². The largest absolute Gasteiger partial charge is 0.357 e. The van der Waals surface area contributed by atoms with Crippen molar-refractivity contribution in [3.8, 4) is 6.07 Å². The summed E-state index contributed by atoms with van der Waals surface area (Å²) in [6.07, 6.45) is 6.76. The second-order valence-corrected chi connectivity index (χ2v) is 9.84. The standard InChI is InChI=1S/C23H30N4O2S2/c1-5-10-26-20(25-11-8-7-9-12-25)17(16(4)18(14-24)21(26)28)13-19-22(29)27(15(3)6-2)23(30)31-19/h13,15H,5-12H2,1-4H3/b19-13+. The Kier molecular flexibility index (Phi) is 7.60. The van der Waals surface area contributed by atoms with E-state index in [9.17, 15) is 14.9 Å². The Bertz CT molecular complexity index is 1020. The third-order valence-electron chi connectivity index (χ3n) is 6.08. The molecule has 2 aliphatic rings. The number of nitrogens with zero attached hydrogens (tertiary/aromatic N) is 4. The van der Waals surface area contributed by atoms with Crippen LogP contribution in [0.15, 0.2) is 9.70 Å². The number of piperidine rings is 1. The number of thioether (sulfide) groups is 1. The number of aromatic nitrogens is 1. The number of thiocarbonyl (C=S) groups is 1. The summed E-state index contributed by atoms with van der Waals surface area (Å²) in [5, 5.41) is 9.72. The lowest BCUT2D eigenvalue weighted by molar-refractivity contribution is -0.123. The molecule has 166 valence electrons. The molecule has 0 aliphatic carbocycles. The molecule has 0 spiro atoms. The molecule has 0 bridgehead atoms. The number of carbonyl (C=O) groups is 1. The van der Waals surface area contributed by atoms with Crippen LogP contribution >= 0.6 is 24.0 Å². The van der Waals surface area contributed by atoms with E-state index in [-0.39, 0.29) is 23.1 Å². The van der Waals surface area contributed by atoms with Gasteiger partial charge in [0.05, 0.1) is 4.91 Å². The van der Waals surface area contributed by atoms with E-state index in [2.05, 4.69) is 11.0 Å². The molecule has 2 fully saturated rings. The van der Waals surface area contributed by atoms with Gasteiger partial charge in [0.25, 0.3) is 11.5 Å². The van der Waals surface area contributed by atoms with Crippen molar-refractivity contribution in [3.05, 3.63) is 31.9 Å². The van der Waals surface area contributed by atoms with Crippen LogP contribution in [-0.4, -0.2) is 38.8 Å². The van der Waals surface area contributed by atoms with Gasteiger partial charge in [0.2, 0.25) is 0 Å². The predicted octanol–water partition coefficient (Wildman–Crippen LogP) is 4.43. The van der Waals surface area contributed by atoms with Gasteiger partial charge >= 0.3 is 0 Å². The second kappa shape index (κ2) is 10.0. The van der Waals surface area contributed by atoms with Crippen molar-refractivity contribution in [2.75, 3.05) is 18.0 Å². The lowest BCUT2D eigenvalue weighted by Gasteiger charge is -2.33. The molecule has 0 saturated carbocycles. The molecule has 1 aromatic rings. The lowest BCUT2D eigenvalue weighted by Crippen LogP contribution is -2.37. The maximum atomic E-state index is 13.2. The first kappa shape index (κ1) is 23.6. The fraction of sp³-hybridized carbons (Fsp3) is 0.565. The molecule has 31 heavy (non-hydrogen) atoms. The zero-order valence-electron chi connectivity index (χ0n) is 18.7. The van der Waals surface area contributed by atoms with E-state index in [4.69, 9.17) is 12.2 Å². The highest BCUT2D eigenvalue weighted by atomic mass is 32.2. The summed E-state index contributed by atoms with van der Waals surface area (Å²) >= 11 is 6.79. The number of pyridine rings is 1. The summed E-state index contributed by atoms with van der Waals surface area (Å²) in [4.78, 5) is 30.8. The van der Waals surface area contributed by atoms with Crippen LogP contribution in [0.25, 0.3) is 6.08 Å². The highest BCUT2D eigenvalue weighted by Gasteiger charge is 2.35. The van der Waals surface area contributed by atoms with Crippen molar-refractivity contribution in [1.29, 1.82) is 5.26 Å². The quantitative estimate of drug-likeness (QED) is 0.464. The van der Waals surface area contributed by atoms with Gasteiger partial charge in [-0.15, -0.1) is 0 Å². The molecule has 2 saturated heterocycles. The van der Waals surface area contributed by atoms with Gasteiger partial charge in [-0.25, -0.2) is 0 Å². The Morgan fingerprint density at radius 2 is 1.90 bits per heavy atom. The van der Waals surface area contributed by atoms with Crippen LogP contribution in [0.5, 0.6) is 0 Å². The SMILES string of the molecule is CCCn1c(N2CCCCC2)c(/C=C2/SC(=S)N(C(C)CC)C2=O)c(C)c(C#N)c1=O. The molecular weight excluding hydrogens is 428 g/mol. The molecule has 6 nitrogen and oxygen atoms in total. The summed E-state index contributed by atoms with van der Waals surface area (Å²) in [5.41, 5.74) is 1.33. The van der Waals surface area contributed by atoms with E-state index in [1.54, 1.807) is 9.47 Å². The van der Waals surface area contributed by atoms with Gasteiger partial charge in [-0.05, 0) is 57.6 Å². The van der Waals surface area contributed by atoms with Crippen LogP contribution < -0.4 is 10.5 Å². The van der Waals surface area contributed by atoms with Gasteiger partial charge < -0.3 is 4.90 Å². The predicted molar refractivity (Wildman–Crippen MR) is 131 cm³/mol. The Morgan fingerprint density at radius 3 is 2.48 bits per heavy atom. The monoisotopic (exact) mass is 458 g/mol. The first-order valence-corrected chi connectivity index (χ1v) is 12.3. The summed E-state index contributed by atoms with van der Waals surface area (Å²) in [6, 6.07) is 2.14. The van der Waals surface area contributed by atoms with E-state index in [0.717, 1.165) is 50.2 Å². The van der Waals surface area contributed by atoms with E-state index in [1.807, 2.05) is 33.8 Å². The minimum Gasteiger partial charge on any atom is -0.357 e. The number of hydrogen-bond donors (Lipinski definition) is 0. The molecule has 0 radical (unpaired) electrons. The third kappa shape index (κ3) is 4.44. The lowest BCUT2D eigenvalue weighted by atomic mass is 10.0. The van der Waals surface area contributed by atoms with Gasteiger partial charge in [0, 0.05) is 31.2 Å². The van der Waals surface area contributed by atoms with Crippen LogP contribution in [0.1, 0.15) is 69.6 Å². The Labute approximate surface area is 193 Å². The Balaban J connectivity index is 2.23. The molecule has 1 aromatic heterocycles. The molecule has 0 aromatic carbocycles. The highest BCUT2D eigenvalue weighted by molar-refractivity contribution is 8.26. The first-order valence-electron chi connectivity index (χ1n) is 11.0. The highest BCUT2D eigenvalue weighted by Crippen LogP contribution is 2.37. The maximum Gasteiger partial charge on any atom is 0.270 e. The van der Waals surface area contributed by atoms with Gasteiger partial charge in [0.15, 0.2) is 0 Å². The summed E-state index contributed by atoms with van der Waals surface area (Å²) < 4.78 is 2.29. The van der Waals surface area contributed by atoms with Crippen molar-refractivity contribution < 1.29 is 4.79 Å². The van der Waals surface area contributed by atoms with Crippen molar-refractivity contribution in [1.82, 2.24) is 9.47 Å². The average molecular weight is 459 g/mol. The van der Waals surface area contributed by atoms with Crippen molar-refractivity contribution in [2.45, 2.75) is 72.4 Å². The Morgan fingerprint density at radius 1 is 1.23 bits per heavy atom. The fourth-order valence-electron chi connectivity index (χ4n) is 4.20. The van der Waals surface area contributed by atoms with Crippen LogP contribution in [0.2, 0.25) is 0 Å². The minimum atomic E-state index is -0.244. The van der Waals surface area contributed by atoms with E-state index in [1.165, 1.54) is 18.2 Å². The fourth-order valence-corrected chi connectivity index (χ4v) is 5.64. The normalized spacial score (nSPS) is 19.3. The van der Waals surface area contributed by atoms with Gasteiger partial charge in [-0.2, -0.15) is 5.26 Å². The number of nitriles is 1. The number of carbonyl (C=O) groups excluding carboxylic acids is 1. The van der Waals surface area contributed by atoms with Crippen LogP contribution in [-0.2, 0) is 11.3 Å². The number of amides is 1. The molecular formula is C23H30N4O2S2. The van der Waals surface area contributed by atoms with E-state index < -0.39 is 0 Å². The van der Waals surface area contributed by atoms with Gasteiger partial charge in [0.1, 0.15) is 21.8 Å². The smallest absolute Gasteiger partial charge is 0.270 e. The molecule has 2 aliphatic heterocycles. The molecule has 8 heteroatoms. The molecule has 3 rings (SSSR count). The molecule has 1 atom stereocenters. The number of rotatable bonds is 6. The first-order chi connectivity index (χ1) is 14.8. The van der Waals surface area contributed by atoms with Crippen molar-refractivity contribution in [2.24, 2.45) is 0 Å². The molecule has 1 amide bonds. The van der Waals surface area contributed by atoms with Crippen molar-refractivity contribution in [3.63, 3.8) is 0 Å². The molecule has 3 heterocycles. The molecule has 1 unspecified atom stereocenters. The van der Waals surface area contributed by atoms with Gasteiger partial charge in [-0.1, -0.05) is 37.8 Å². The van der Waals surface area contributed by atoms with E-state index >= 15 is 0 Å². The third-order valence-corrected chi connectivity index (χ3v) is 7.41. The van der Waals surface area contributed by atoms with Crippen molar-refractivity contribution >= 4 is 46.1 Å². The summed E-state index contributed by atoms with van der Waals surface area (Å²) in [5.74, 6) is 0.733. The topological polar surface area (TPSA) is 69.3 Å². The van der Waals surface area contributed by atoms with Gasteiger partial charge in [-0.3, -0.25) is 19.1 Å². The van der Waals surface area contributed by atoms with Crippen LogP contribution in [0.4, 0.5) is 5.82 Å². The number of anilines is 1. The average Bonchev–Trinajstić information content (AvgIpc) is 3.05. The summed E-state index contributed by atoms with van der Waals surface area (Å²) in [7, 11) is 0. The second-order valence-electron chi connectivity index (χ2n) is 8.16.